The van der Waals surface area contributed by atoms with E-state index in [1.165, 1.54) is 6.92 Å². The van der Waals surface area contributed by atoms with E-state index in [9.17, 15) is 9.59 Å². The molecule has 14 heavy (non-hydrogen) atoms. The zero-order chi connectivity index (χ0) is 11.1. The molecule has 0 atom stereocenters. The number of carbonyl (C=O) groups is 2. The van der Waals surface area contributed by atoms with E-state index < -0.39 is 5.97 Å². The van der Waals surface area contributed by atoms with Crippen molar-refractivity contribution < 1.29 is 14.3 Å². The summed E-state index contributed by atoms with van der Waals surface area (Å²) < 4.78 is 4.65. The first-order valence-electron chi connectivity index (χ1n) is 4.91. The summed E-state index contributed by atoms with van der Waals surface area (Å²) in [7, 11) is 0. The summed E-state index contributed by atoms with van der Waals surface area (Å²) in [6.07, 6.45) is 0.907. The second-order valence-corrected chi connectivity index (χ2v) is 3.46. The summed E-state index contributed by atoms with van der Waals surface area (Å²) in [5.41, 5.74) is 0. The summed E-state index contributed by atoms with van der Waals surface area (Å²) in [6.45, 7) is 7.76. The van der Waals surface area contributed by atoms with Gasteiger partial charge in [0.15, 0.2) is 6.61 Å². The molecule has 4 nitrogen and oxygen atoms in total. The van der Waals surface area contributed by atoms with E-state index in [1.54, 1.807) is 4.90 Å². The maximum Gasteiger partial charge on any atom is 0.303 e. The summed E-state index contributed by atoms with van der Waals surface area (Å²) in [5, 5.41) is 0. The third-order valence-corrected chi connectivity index (χ3v) is 1.81. The van der Waals surface area contributed by atoms with Crippen LogP contribution in [0.2, 0.25) is 0 Å². The average molecular weight is 201 g/mol. The highest BCUT2D eigenvalue weighted by molar-refractivity contribution is 5.80. The Bertz CT molecular complexity index is 202. The number of hydrogen-bond acceptors (Lipinski definition) is 3. The van der Waals surface area contributed by atoms with Gasteiger partial charge in [-0.1, -0.05) is 6.92 Å². The van der Waals surface area contributed by atoms with Crippen molar-refractivity contribution in [3.8, 4) is 0 Å². The molecule has 0 N–H and O–H groups in total. The maximum atomic E-state index is 11.5. The van der Waals surface area contributed by atoms with Gasteiger partial charge in [-0.25, -0.2) is 0 Å². The van der Waals surface area contributed by atoms with E-state index in [1.807, 2.05) is 20.8 Å². The van der Waals surface area contributed by atoms with E-state index in [0.717, 1.165) is 6.42 Å². The number of rotatable bonds is 5. The van der Waals surface area contributed by atoms with E-state index >= 15 is 0 Å². The van der Waals surface area contributed by atoms with Gasteiger partial charge in [-0.15, -0.1) is 0 Å². The van der Waals surface area contributed by atoms with Crippen molar-refractivity contribution in [2.45, 2.75) is 40.2 Å². The van der Waals surface area contributed by atoms with E-state index in [2.05, 4.69) is 4.74 Å². The summed E-state index contributed by atoms with van der Waals surface area (Å²) in [4.78, 5) is 23.7. The second-order valence-electron chi connectivity index (χ2n) is 3.46. The predicted octanol–water partition coefficient (Wildman–Crippen LogP) is 1.20. The maximum absolute atomic E-state index is 11.5. The molecule has 4 heteroatoms. The van der Waals surface area contributed by atoms with E-state index in [4.69, 9.17) is 0 Å². The van der Waals surface area contributed by atoms with Crippen LogP contribution in [0.3, 0.4) is 0 Å². The minimum absolute atomic E-state index is 0.128. The number of esters is 1. The number of nitrogens with zero attached hydrogens (tertiary/aromatic N) is 1. The Hall–Kier alpha value is -1.06. The van der Waals surface area contributed by atoms with Crippen LogP contribution in [0.15, 0.2) is 0 Å². The molecule has 0 fully saturated rings. The van der Waals surface area contributed by atoms with Crippen molar-refractivity contribution in [2.75, 3.05) is 13.2 Å². The molecule has 1 amide bonds. The summed E-state index contributed by atoms with van der Waals surface area (Å²) in [6, 6.07) is 0.151. The third-order valence-electron chi connectivity index (χ3n) is 1.81. The van der Waals surface area contributed by atoms with Crippen LogP contribution >= 0.6 is 0 Å². The van der Waals surface area contributed by atoms with Crippen molar-refractivity contribution in [2.24, 2.45) is 0 Å². The smallest absolute Gasteiger partial charge is 0.303 e. The summed E-state index contributed by atoms with van der Waals surface area (Å²) >= 11 is 0. The molecule has 0 aliphatic carbocycles. The molecule has 0 aromatic rings. The van der Waals surface area contributed by atoms with Crippen LogP contribution in [0, 0.1) is 0 Å². The minimum atomic E-state index is -0.418. The van der Waals surface area contributed by atoms with E-state index in [-0.39, 0.29) is 18.6 Å². The molecule has 0 unspecified atom stereocenters. The van der Waals surface area contributed by atoms with Gasteiger partial charge in [-0.05, 0) is 20.3 Å². The van der Waals surface area contributed by atoms with Crippen molar-refractivity contribution in [1.29, 1.82) is 0 Å². The van der Waals surface area contributed by atoms with Gasteiger partial charge in [0.1, 0.15) is 0 Å². The highest BCUT2D eigenvalue weighted by Gasteiger charge is 2.16. The molecule has 0 radical (unpaired) electrons. The molecule has 0 saturated heterocycles. The quantitative estimate of drug-likeness (QED) is 0.628. The Kier molecular flexibility index (Phi) is 5.92. The van der Waals surface area contributed by atoms with Gasteiger partial charge in [0.2, 0.25) is 0 Å². The SMILES string of the molecule is CCCN(C(=O)COC(C)=O)C(C)C. The summed E-state index contributed by atoms with van der Waals surface area (Å²) in [5.74, 6) is -0.546. The standard InChI is InChI=1S/C10H19NO3/c1-5-6-11(8(2)3)10(13)7-14-9(4)12/h8H,5-7H2,1-4H3. The Morgan fingerprint density at radius 3 is 2.29 bits per heavy atom. The molecular weight excluding hydrogens is 182 g/mol. The molecule has 0 saturated carbocycles. The highest BCUT2D eigenvalue weighted by atomic mass is 16.5. The van der Waals surface area contributed by atoms with Crippen LogP contribution in [-0.2, 0) is 14.3 Å². The molecule has 0 heterocycles. The van der Waals surface area contributed by atoms with Crippen LogP contribution in [0.1, 0.15) is 34.1 Å². The van der Waals surface area contributed by atoms with Crippen molar-refractivity contribution in [1.82, 2.24) is 4.90 Å². The minimum Gasteiger partial charge on any atom is -0.456 e. The first kappa shape index (κ1) is 12.9. The zero-order valence-electron chi connectivity index (χ0n) is 9.37. The van der Waals surface area contributed by atoms with Gasteiger partial charge in [0.05, 0.1) is 0 Å². The second kappa shape index (κ2) is 6.40. The average Bonchev–Trinajstić information content (AvgIpc) is 2.09. The lowest BCUT2D eigenvalue weighted by Crippen LogP contribution is -2.40. The van der Waals surface area contributed by atoms with Crippen LogP contribution < -0.4 is 0 Å². The number of carbonyl (C=O) groups excluding carboxylic acids is 2. The molecule has 0 bridgehead atoms. The first-order chi connectivity index (χ1) is 6.49. The van der Waals surface area contributed by atoms with Gasteiger partial charge in [-0.2, -0.15) is 0 Å². The predicted molar refractivity (Wildman–Crippen MR) is 53.8 cm³/mol. The van der Waals surface area contributed by atoms with Crippen LogP contribution in [0.5, 0.6) is 0 Å². The molecule has 0 aromatic carbocycles. The molecule has 82 valence electrons. The lowest BCUT2D eigenvalue weighted by molar-refractivity contribution is -0.151. The van der Waals surface area contributed by atoms with E-state index in [0.29, 0.717) is 6.54 Å². The van der Waals surface area contributed by atoms with Crippen LogP contribution in [-0.4, -0.2) is 36.0 Å². The largest absolute Gasteiger partial charge is 0.456 e. The zero-order valence-corrected chi connectivity index (χ0v) is 9.37. The third kappa shape index (κ3) is 4.84. The van der Waals surface area contributed by atoms with Crippen LogP contribution in [0.25, 0.3) is 0 Å². The Morgan fingerprint density at radius 2 is 1.93 bits per heavy atom. The fourth-order valence-corrected chi connectivity index (χ4v) is 1.16. The van der Waals surface area contributed by atoms with Gasteiger partial charge in [0.25, 0.3) is 5.91 Å². The molecule has 0 spiro atoms. The fraction of sp³-hybridized carbons (Fsp3) is 0.800. The number of amides is 1. The lowest BCUT2D eigenvalue weighted by Gasteiger charge is -2.25. The number of ether oxygens (including phenoxy) is 1. The molecule has 0 rings (SSSR count). The number of hydrogen-bond donors (Lipinski definition) is 0. The van der Waals surface area contributed by atoms with Gasteiger partial charge in [0, 0.05) is 19.5 Å². The molecule has 0 aliphatic rings. The van der Waals surface area contributed by atoms with Gasteiger partial charge >= 0.3 is 5.97 Å². The lowest BCUT2D eigenvalue weighted by atomic mass is 10.3. The molecular formula is C10H19NO3. The first-order valence-corrected chi connectivity index (χ1v) is 4.91. The topological polar surface area (TPSA) is 46.6 Å². The van der Waals surface area contributed by atoms with Crippen molar-refractivity contribution in [3.63, 3.8) is 0 Å². The van der Waals surface area contributed by atoms with Crippen LogP contribution in [0.4, 0.5) is 0 Å². The highest BCUT2D eigenvalue weighted by Crippen LogP contribution is 2.00. The fourth-order valence-electron chi connectivity index (χ4n) is 1.16. The Balaban J connectivity index is 4.08. The Labute approximate surface area is 85.2 Å². The molecule has 0 aliphatic heterocycles. The Morgan fingerprint density at radius 1 is 1.36 bits per heavy atom. The van der Waals surface area contributed by atoms with Gasteiger partial charge in [-0.3, -0.25) is 9.59 Å². The normalized spacial score (nSPS) is 10.1. The molecule has 0 aromatic heterocycles. The monoisotopic (exact) mass is 201 g/mol. The van der Waals surface area contributed by atoms with Gasteiger partial charge < -0.3 is 9.64 Å². The van der Waals surface area contributed by atoms with Crippen molar-refractivity contribution >= 4 is 11.9 Å². The van der Waals surface area contributed by atoms with Crippen molar-refractivity contribution in [3.05, 3.63) is 0 Å².